The maximum atomic E-state index is 13.3. The first-order valence-electron chi connectivity index (χ1n) is 8.80. The molecule has 28 heavy (non-hydrogen) atoms. The molecule has 0 heterocycles. The predicted octanol–water partition coefficient (Wildman–Crippen LogP) is 4.20. The van der Waals surface area contributed by atoms with E-state index in [4.69, 9.17) is 0 Å². The summed E-state index contributed by atoms with van der Waals surface area (Å²) < 4.78 is 89.6. The van der Waals surface area contributed by atoms with Crippen molar-refractivity contribution < 1.29 is 35.2 Å². The van der Waals surface area contributed by atoms with Gasteiger partial charge in [-0.15, -0.1) is 0 Å². The first-order chi connectivity index (χ1) is 12.8. The number of amides is 1. The zero-order valence-corrected chi connectivity index (χ0v) is 15.9. The third kappa shape index (κ3) is 3.75. The van der Waals surface area contributed by atoms with Gasteiger partial charge in [0.2, 0.25) is 6.43 Å². The number of nitrogens with one attached hydrogen (secondary N) is 1. The number of carbonyl (C=O) groups excluding carboxylic acids is 1. The number of hydrogen-bond donors (Lipinski definition) is 1. The Morgan fingerprint density at radius 2 is 1.61 bits per heavy atom. The topological polar surface area (TPSA) is 63.2 Å². The van der Waals surface area contributed by atoms with Gasteiger partial charge in [0.25, 0.3) is 5.91 Å². The van der Waals surface area contributed by atoms with Crippen LogP contribution in [0.25, 0.3) is 0 Å². The lowest BCUT2D eigenvalue weighted by atomic mass is 9.57. The van der Waals surface area contributed by atoms with Crippen molar-refractivity contribution in [1.29, 1.82) is 0 Å². The Labute approximate surface area is 159 Å². The molecule has 0 saturated heterocycles. The summed E-state index contributed by atoms with van der Waals surface area (Å²) in [6.45, 7) is 0. The van der Waals surface area contributed by atoms with Gasteiger partial charge in [-0.3, -0.25) is 4.79 Å². The van der Waals surface area contributed by atoms with E-state index in [-0.39, 0.29) is 38.5 Å². The van der Waals surface area contributed by atoms with E-state index in [9.17, 15) is 35.2 Å². The van der Waals surface area contributed by atoms with Crippen molar-refractivity contribution in [3.63, 3.8) is 0 Å². The molecule has 3 saturated carbocycles. The van der Waals surface area contributed by atoms with E-state index in [0.29, 0.717) is 12.1 Å². The van der Waals surface area contributed by atoms with Crippen LogP contribution < -0.4 is 5.32 Å². The van der Waals surface area contributed by atoms with Crippen LogP contribution in [0.2, 0.25) is 0 Å². The Morgan fingerprint density at radius 1 is 1.07 bits per heavy atom. The number of benzene rings is 1. The van der Waals surface area contributed by atoms with Crippen LogP contribution in [0.5, 0.6) is 0 Å². The van der Waals surface area contributed by atoms with Crippen molar-refractivity contribution in [2.24, 2.45) is 5.41 Å². The predicted molar refractivity (Wildman–Crippen MR) is 90.9 cm³/mol. The number of halogens is 5. The van der Waals surface area contributed by atoms with Gasteiger partial charge in [0.05, 0.1) is 16.0 Å². The van der Waals surface area contributed by atoms with Crippen LogP contribution >= 0.6 is 0 Å². The van der Waals surface area contributed by atoms with E-state index in [2.05, 4.69) is 5.32 Å². The molecule has 10 heteroatoms. The Bertz CT molecular complexity index is 870. The van der Waals surface area contributed by atoms with Crippen LogP contribution in [0.4, 0.5) is 22.0 Å². The summed E-state index contributed by atoms with van der Waals surface area (Å²) in [7, 11) is -3.95. The molecule has 4 nitrogen and oxygen atoms in total. The molecule has 1 amide bonds. The maximum absolute atomic E-state index is 13.3. The van der Waals surface area contributed by atoms with Crippen molar-refractivity contribution in [2.45, 2.75) is 61.6 Å². The van der Waals surface area contributed by atoms with Crippen molar-refractivity contribution in [2.75, 3.05) is 6.26 Å². The van der Waals surface area contributed by atoms with Crippen LogP contribution in [0.15, 0.2) is 23.1 Å². The lowest BCUT2D eigenvalue weighted by Gasteiger charge is -2.53. The number of alkyl halides is 5. The van der Waals surface area contributed by atoms with Crippen LogP contribution in [0.1, 0.15) is 54.4 Å². The second-order valence-electron chi connectivity index (χ2n) is 7.88. The van der Waals surface area contributed by atoms with E-state index >= 15 is 0 Å². The lowest BCUT2D eigenvalue weighted by molar-refractivity contribution is -0.137. The molecule has 0 unspecified atom stereocenters. The average molecular weight is 425 g/mol. The number of rotatable bonds is 4. The highest BCUT2D eigenvalue weighted by molar-refractivity contribution is 7.90. The molecule has 0 spiro atoms. The molecule has 4 rings (SSSR count). The molecule has 0 radical (unpaired) electrons. The number of carbonyl (C=O) groups is 1. The summed E-state index contributed by atoms with van der Waals surface area (Å²) >= 11 is 0. The third-order valence-corrected chi connectivity index (χ3v) is 7.25. The molecule has 0 aromatic heterocycles. The fourth-order valence-corrected chi connectivity index (χ4v) is 5.11. The van der Waals surface area contributed by atoms with Crippen molar-refractivity contribution in [1.82, 2.24) is 5.32 Å². The van der Waals surface area contributed by atoms with Gasteiger partial charge in [-0.05, 0) is 56.7 Å². The lowest BCUT2D eigenvalue weighted by Crippen LogP contribution is -2.58. The molecule has 1 N–H and O–H groups in total. The van der Waals surface area contributed by atoms with Gasteiger partial charge in [0.15, 0.2) is 9.84 Å². The Hall–Kier alpha value is -1.71. The summed E-state index contributed by atoms with van der Waals surface area (Å²) in [6.07, 6.45) is -4.88. The molecule has 1 aromatic carbocycles. The molecule has 156 valence electrons. The molecule has 2 bridgehead atoms. The fraction of sp³-hybridized carbons (Fsp3) is 0.611. The van der Waals surface area contributed by atoms with Gasteiger partial charge >= 0.3 is 6.18 Å². The molecular formula is C18H20F5NO3S. The van der Waals surface area contributed by atoms with Crippen molar-refractivity contribution in [3.05, 3.63) is 29.3 Å². The van der Waals surface area contributed by atoms with Gasteiger partial charge in [-0.1, -0.05) is 0 Å². The SMILES string of the molecule is CS(=O)(=O)c1ccc(C(F)(F)F)cc1C(=O)NC12CCC(C(F)F)(CC1)CC2. The second-order valence-corrected chi connectivity index (χ2v) is 9.86. The van der Waals surface area contributed by atoms with Crippen molar-refractivity contribution >= 4 is 15.7 Å². The molecule has 1 aromatic rings. The molecule has 3 aliphatic carbocycles. The Balaban J connectivity index is 1.91. The van der Waals surface area contributed by atoms with Crippen LogP contribution in [0.3, 0.4) is 0 Å². The standard InChI is InChI=1S/C18H20F5NO3S/c1-28(26,27)13-3-2-11(18(21,22)23)10-12(13)14(25)24-17-7-4-16(5-8-17,6-9-17)15(19)20/h2-3,10,15H,4-9H2,1H3,(H,24,25). The number of hydrogen-bond acceptors (Lipinski definition) is 3. The molecular weight excluding hydrogens is 405 g/mol. The number of fused-ring (bicyclic) bond motifs is 3. The second kappa shape index (κ2) is 6.67. The average Bonchev–Trinajstić information content (AvgIpc) is 2.61. The Kier molecular flexibility index (Phi) is 5.01. The summed E-state index contributed by atoms with van der Waals surface area (Å²) in [4.78, 5) is 12.3. The minimum absolute atomic E-state index is 0.215. The quantitative estimate of drug-likeness (QED) is 0.736. The highest BCUT2D eigenvalue weighted by atomic mass is 32.2. The Morgan fingerprint density at radius 3 is 2.04 bits per heavy atom. The van der Waals surface area contributed by atoms with Gasteiger partial charge in [-0.2, -0.15) is 13.2 Å². The normalized spacial score (nSPS) is 27.8. The summed E-state index contributed by atoms with van der Waals surface area (Å²) in [5.74, 6) is -0.932. The van der Waals surface area contributed by atoms with Crippen LogP contribution in [-0.2, 0) is 16.0 Å². The molecule has 3 aliphatic rings. The molecule has 3 fully saturated rings. The largest absolute Gasteiger partial charge is 0.416 e. The first kappa shape index (κ1) is 21.0. The number of sulfone groups is 1. The smallest absolute Gasteiger partial charge is 0.347 e. The third-order valence-electron chi connectivity index (χ3n) is 6.10. The zero-order valence-electron chi connectivity index (χ0n) is 15.1. The van der Waals surface area contributed by atoms with E-state index in [1.807, 2.05) is 0 Å². The van der Waals surface area contributed by atoms with E-state index < -0.39 is 55.3 Å². The monoisotopic (exact) mass is 425 g/mol. The minimum atomic E-state index is -4.74. The van der Waals surface area contributed by atoms with Crippen LogP contribution in [0, 0.1) is 5.41 Å². The van der Waals surface area contributed by atoms with E-state index in [1.54, 1.807) is 0 Å². The van der Waals surface area contributed by atoms with E-state index in [0.717, 1.165) is 12.3 Å². The highest BCUT2D eigenvalue weighted by Gasteiger charge is 2.53. The van der Waals surface area contributed by atoms with Crippen molar-refractivity contribution in [3.8, 4) is 0 Å². The summed E-state index contributed by atoms with van der Waals surface area (Å²) in [6, 6.07) is 1.91. The van der Waals surface area contributed by atoms with Gasteiger partial charge in [0.1, 0.15) is 0 Å². The minimum Gasteiger partial charge on any atom is -0.347 e. The van der Waals surface area contributed by atoms with Gasteiger partial charge < -0.3 is 5.32 Å². The molecule has 0 atom stereocenters. The molecule has 0 aliphatic heterocycles. The first-order valence-corrected chi connectivity index (χ1v) is 10.7. The van der Waals surface area contributed by atoms with Crippen LogP contribution in [-0.4, -0.2) is 32.5 Å². The van der Waals surface area contributed by atoms with Gasteiger partial charge in [-0.25, -0.2) is 17.2 Å². The van der Waals surface area contributed by atoms with Gasteiger partial charge in [0, 0.05) is 17.2 Å². The fourth-order valence-electron chi connectivity index (χ4n) is 4.24. The maximum Gasteiger partial charge on any atom is 0.416 e. The van der Waals surface area contributed by atoms with E-state index in [1.165, 1.54) is 0 Å². The zero-order chi connectivity index (χ0) is 21.0. The highest BCUT2D eigenvalue weighted by Crippen LogP contribution is 2.55. The summed E-state index contributed by atoms with van der Waals surface area (Å²) in [5.41, 5.74) is -3.56. The summed E-state index contributed by atoms with van der Waals surface area (Å²) in [5, 5.41) is 2.67.